The zero-order valence-electron chi connectivity index (χ0n) is 11.4. The van der Waals surface area contributed by atoms with Gasteiger partial charge in [-0.2, -0.15) is 0 Å². The van der Waals surface area contributed by atoms with Gasteiger partial charge in [-0.25, -0.2) is 4.99 Å². The normalized spacial score (nSPS) is 15.8. The van der Waals surface area contributed by atoms with E-state index in [1.807, 2.05) is 36.4 Å². The van der Waals surface area contributed by atoms with Gasteiger partial charge < -0.3 is 10.1 Å². The van der Waals surface area contributed by atoms with E-state index >= 15 is 0 Å². The third-order valence-corrected chi connectivity index (χ3v) is 3.02. The van der Waals surface area contributed by atoms with E-state index in [9.17, 15) is 4.79 Å². The molecule has 0 saturated carbocycles. The van der Waals surface area contributed by atoms with Crippen LogP contribution in [0.15, 0.2) is 59.4 Å². The molecule has 0 saturated heterocycles. The molecule has 1 N–H and O–H groups in total. The van der Waals surface area contributed by atoms with Crippen LogP contribution in [0.2, 0.25) is 0 Å². The highest BCUT2D eigenvalue weighted by Gasteiger charge is 2.21. The minimum atomic E-state index is -0.230. The molecule has 0 radical (unpaired) electrons. The number of benzene rings is 1. The molecule has 1 aromatic heterocycles. The number of amides is 1. The minimum Gasteiger partial charge on any atom is -0.497 e. The van der Waals surface area contributed by atoms with Gasteiger partial charge in [0.1, 0.15) is 17.1 Å². The van der Waals surface area contributed by atoms with E-state index in [1.54, 1.807) is 25.4 Å². The summed E-state index contributed by atoms with van der Waals surface area (Å²) in [6.07, 6.45) is 3.39. The first-order chi connectivity index (χ1) is 10.3. The summed E-state index contributed by atoms with van der Waals surface area (Å²) in [5.74, 6) is 1.01. The summed E-state index contributed by atoms with van der Waals surface area (Å²) in [6.45, 7) is 0. The SMILES string of the molecule is COc1ccc(/C=C2/N=C(c3ccccn3)NC2=O)cc1. The van der Waals surface area contributed by atoms with E-state index < -0.39 is 0 Å². The molecule has 104 valence electrons. The summed E-state index contributed by atoms with van der Waals surface area (Å²) < 4.78 is 5.10. The van der Waals surface area contributed by atoms with Gasteiger partial charge in [-0.15, -0.1) is 0 Å². The number of pyridine rings is 1. The molecule has 1 aliphatic rings. The molecule has 3 rings (SSSR count). The molecule has 0 spiro atoms. The van der Waals surface area contributed by atoms with Gasteiger partial charge in [0.2, 0.25) is 0 Å². The maximum absolute atomic E-state index is 11.9. The van der Waals surface area contributed by atoms with Crippen molar-refractivity contribution in [3.63, 3.8) is 0 Å². The van der Waals surface area contributed by atoms with Crippen LogP contribution in [0.1, 0.15) is 11.3 Å². The number of rotatable bonds is 3. The lowest BCUT2D eigenvalue weighted by atomic mass is 10.2. The number of amidine groups is 1. The quantitative estimate of drug-likeness (QED) is 0.874. The second-order valence-electron chi connectivity index (χ2n) is 4.43. The van der Waals surface area contributed by atoms with Crippen LogP contribution in [0.3, 0.4) is 0 Å². The first-order valence-corrected chi connectivity index (χ1v) is 6.43. The number of aliphatic imine (C=N–C) groups is 1. The van der Waals surface area contributed by atoms with E-state index in [1.165, 1.54) is 0 Å². The van der Waals surface area contributed by atoms with Crippen molar-refractivity contribution in [3.05, 3.63) is 65.6 Å². The predicted molar refractivity (Wildman–Crippen MR) is 79.9 cm³/mol. The van der Waals surface area contributed by atoms with Crippen molar-refractivity contribution in [2.75, 3.05) is 7.11 Å². The van der Waals surface area contributed by atoms with Gasteiger partial charge in [0, 0.05) is 6.20 Å². The summed E-state index contributed by atoms with van der Waals surface area (Å²) in [5.41, 5.74) is 1.89. The van der Waals surface area contributed by atoms with Crippen molar-refractivity contribution >= 4 is 17.8 Å². The molecule has 5 heteroatoms. The third kappa shape index (κ3) is 2.81. The summed E-state index contributed by atoms with van der Waals surface area (Å²) in [6, 6.07) is 12.9. The maximum Gasteiger partial charge on any atom is 0.275 e. The van der Waals surface area contributed by atoms with Crippen LogP contribution in [0.5, 0.6) is 5.75 Å². The predicted octanol–water partition coefficient (Wildman–Crippen LogP) is 2.01. The van der Waals surface area contributed by atoms with Crippen molar-refractivity contribution in [2.45, 2.75) is 0 Å². The molecule has 1 aromatic carbocycles. The Morgan fingerprint density at radius 2 is 1.95 bits per heavy atom. The molecule has 0 unspecified atom stereocenters. The fourth-order valence-electron chi connectivity index (χ4n) is 1.95. The van der Waals surface area contributed by atoms with E-state index in [-0.39, 0.29) is 5.91 Å². The Bertz CT molecular complexity index is 719. The topological polar surface area (TPSA) is 63.6 Å². The standard InChI is InChI=1S/C16H13N3O2/c1-21-12-7-5-11(6-8-12)10-14-16(20)19-15(18-14)13-4-2-3-9-17-13/h2-10H,1H3,(H,18,19,20)/b14-10+. The van der Waals surface area contributed by atoms with E-state index in [0.29, 0.717) is 17.2 Å². The molecule has 0 bridgehead atoms. The van der Waals surface area contributed by atoms with Crippen LogP contribution in [-0.2, 0) is 4.79 Å². The lowest BCUT2D eigenvalue weighted by molar-refractivity contribution is -0.115. The summed E-state index contributed by atoms with van der Waals surface area (Å²) >= 11 is 0. The number of nitrogens with zero attached hydrogens (tertiary/aromatic N) is 2. The van der Waals surface area contributed by atoms with Gasteiger partial charge in [-0.05, 0) is 35.9 Å². The van der Waals surface area contributed by atoms with Crippen molar-refractivity contribution in [2.24, 2.45) is 4.99 Å². The number of hydrogen-bond acceptors (Lipinski definition) is 4. The lowest BCUT2D eigenvalue weighted by Crippen LogP contribution is -2.25. The van der Waals surface area contributed by atoms with Crippen LogP contribution < -0.4 is 10.1 Å². The fourth-order valence-corrected chi connectivity index (χ4v) is 1.95. The van der Waals surface area contributed by atoms with Crippen LogP contribution in [0.4, 0.5) is 0 Å². The fraction of sp³-hybridized carbons (Fsp3) is 0.0625. The minimum absolute atomic E-state index is 0.230. The Morgan fingerprint density at radius 1 is 1.14 bits per heavy atom. The summed E-state index contributed by atoms with van der Waals surface area (Å²) in [7, 11) is 1.61. The van der Waals surface area contributed by atoms with Crippen molar-refractivity contribution in [1.29, 1.82) is 0 Å². The Labute approximate surface area is 122 Å². The van der Waals surface area contributed by atoms with Crippen LogP contribution in [0.25, 0.3) is 6.08 Å². The summed E-state index contributed by atoms with van der Waals surface area (Å²) in [4.78, 5) is 20.4. The molecule has 1 amide bonds. The molecule has 0 atom stereocenters. The number of hydrogen-bond donors (Lipinski definition) is 1. The molecular formula is C16H13N3O2. The van der Waals surface area contributed by atoms with Gasteiger partial charge >= 0.3 is 0 Å². The van der Waals surface area contributed by atoms with Crippen molar-refractivity contribution < 1.29 is 9.53 Å². The van der Waals surface area contributed by atoms with Crippen LogP contribution in [0, 0.1) is 0 Å². The van der Waals surface area contributed by atoms with E-state index in [0.717, 1.165) is 11.3 Å². The molecule has 2 heterocycles. The van der Waals surface area contributed by atoms with Crippen LogP contribution >= 0.6 is 0 Å². The molecule has 21 heavy (non-hydrogen) atoms. The number of ether oxygens (including phenoxy) is 1. The number of aromatic nitrogens is 1. The zero-order valence-corrected chi connectivity index (χ0v) is 11.4. The third-order valence-electron chi connectivity index (χ3n) is 3.02. The number of carbonyl (C=O) groups is 1. The molecule has 1 aliphatic heterocycles. The molecular weight excluding hydrogens is 266 g/mol. The number of nitrogens with one attached hydrogen (secondary N) is 1. The highest BCUT2D eigenvalue weighted by molar-refractivity contribution is 6.19. The lowest BCUT2D eigenvalue weighted by Gasteiger charge is -1.99. The number of methoxy groups -OCH3 is 1. The molecule has 0 aliphatic carbocycles. The maximum atomic E-state index is 11.9. The Kier molecular flexibility index (Phi) is 3.47. The van der Waals surface area contributed by atoms with Crippen molar-refractivity contribution in [3.8, 4) is 5.75 Å². The monoisotopic (exact) mass is 279 g/mol. The first kappa shape index (κ1) is 13.1. The highest BCUT2D eigenvalue weighted by atomic mass is 16.5. The zero-order chi connectivity index (χ0) is 14.7. The first-order valence-electron chi connectivity index (χ1n) is 6.43. The highest BCUT2D eigenvalue weighted by Crippen LogP contribution is 2.17. The summed E-state index contributed by atoms with van der Waals surface area (Å²) in [5, 5.41) is 2.72. The van der Waals surface area contributed by atoms with Gasteiger partial charge in [0.15, 0.2) is 5.84 Å². The Balaban J connectivity index is 1.89. The van der Waals surface area contributed by atoms with Crippen LogP contribution in [-0.4, -0.2) is 23.8 Å². The average molecular weight is 279 g/mol. The van der Waals surface area contributed by atoms with Crippen molar-refractivity contribution in [1.82, 2.24) is 10.3 Å². The second-order valence-corrected chi connectivity index (χ2v) is 4.43. The van der Waals surface area contributed by atoms with Gasteiger partial charge in [0.05, 0.1) is 7.11 Å². The second kappa shape index (κ2) is 5.58. The average Bonchev–Trinajstić information content (AvgIpc) is 2.90. The van der Waals surface area contributed by atoms with Gasteiger partial charge in [-0.3, -0.25) is 9.78 Å². The molecule has 0 fully saturated rings. The van der Waals surface area contributed by atoms with Gasteiger partial charge in [0.25, 0.3) is 5.91 Å². The molecule has 5 nitrogen and oxygen atoms in total. The Hall–Kier alpha value is -2.95. The Morgan fingerprint density at radius 3 is 2.62 bits per heavy atom. The smallest absolute Gasteiger partial charge is 0.275 e. The number of carbonyl (C=O) groups excluding carboxylic acids is 1. The largest absolute Gasteiger partial charge is 0.497 e. The molecule has 2 aromatic rings. The van der Waals surface area contributed by atoms with E-state index in [2.05, 4.69) is 15.3 Å². The van der Waals surface area contributed by atoms with E-state index in [4.69, 9.17) is 4.74 Å². The van der Waals surface area contributed by atoms with Gasteiger partial charge in [-0.1, -0.05) is 18.2 Å².